The fraction of sp³-hybridized carbons (Fsp3) is 0.179. The lowest BCUT2D eigenvalue weighted by Crippen LogP contribution is -2.29. The minimum absolute atomic E-state index is 0.0277. The zero-order valence-electron chi connectivity index (χ0n) is 20.1. The van der Waals surface area contributed by atoms with Crippen molar-refractivity contribution in [2.75, 3.05) is 18.1 Å². The Balaban J connectivity index is 1.73. The molecule has 3 aromatic carbocycles. The molecule has 1 aliphatic heterocycles. The van der Waals surface area contributed by atoms with Crippen molar-refractivity contribution >= 4 is 55.7 Å². The highest BCUT2D eigenvalue weighted by molar-refractivity contribution is 7.22. The van der Waals surface area contributed by atoms with Crippen molar-refractivity contribution in [2.45, 2.75) is 19.9 Å². The highest BCUT2D eigenvalue weighted by Crippen LogP contribution is 2.46. The van der Waals surface area contributed by atoms with Gasteiger partial charge in [0.1, 0.15) is 5.76 Å². The maximum absolute atomic E-state index is 13.5. The standard InChI is InChI=1S/C28H23ClN2O5S/c1-3-35-20-13-10-17(14-21(20)36-4-2)24-23(25(32)16-8-6-5-7-9-16)26(33)27(34)31(24)28-30-19-12-11-18(29)15-22(19)37-28/h5-15,24,32H,3-4H2,1-2H3. The van der Waals surface area contributed by atoms with E-state index in [1.807, 2.05) is 13.8 Å². The SMILES string of the molecule is CCOc1ccc(C2C(=C(O)c3ccccc3)C(=O)C(=O)N2c2nc3ccc(Cl)cc3s2)cc1OCC. The molecule has 2 heterocycles. The third-order valence-electron chi connectivity index (χ3n) is 5.92. The lowest BCUT2D eigenvalue weighted by Gasteiger charge is -2.24. The van der Waals surface area contributed by atoms with Crippen molar-refractivity contribution in [3.8, 4) is 11.5 Å². The quantitative estimate of drug-likeness (QED) is 0.168. The molecule has 1 aromatic heterocycles. The van der Waals surface area contributed by atoms with Gasteiger partial charge in [-0.3, -0.25) is 14.5 Å². The van der Waals surface area contributed by atoms with E-state index in [0.29, 0.717) is 51.5 Å². The first-order valence-electron chi connectivity index (χ1n) is 11.7. The Hall–Kier alpha value is -3.88. The average molecular weight is 535 g/mol. The maximum atomic E-state index is 13.5. The van der Waals surface area contributed by atoms with Crippen molar-refractivity contribution in [3.05, 3.63) is 88.5 Å². The van der Waals surface area contributed by atoms with Gasteiger partial charge in [0.15, 0.2) is 16.6 Å². The van der Waals surface area contributed by atoms with E-state index in [0.717, 1.165) is 4.70 Å². The van der Waals surface area contributed by atoms with Gasteiger partial charge in [0.05, 0.1) is 35.0 Å². The Morgan fingerprint density at radius 1 is 1.00 bits per heavy atom. The van der Waals surface area contributed by atoms with Crippen LogP contribution in [0.1, 0.15) is 31.0 Å². The van der Waals surface area contributed by atoms with Gasteiger partial charge in [-0.15, -0.1) is 0 Å². The molecule has 0 spiro atoms. The van der Waals surface area contributed by atoms with Crippen LogP contribution in [-0.4, -0.2) is 35.0 Å². The Kier molecular flexibility index (Phi) is 6.86. The number of halogens is 1. The van der Waals surface area contributed by atoms with E-state index < -0.39 is 17.7 Å². The summed E-state index contributed by atoms with van der Waals surface area (Å²) in [5.74, 6) is -0.816. The number of hydrogen-bond acceptors (Lipinski definition) is 7. The first kappa shape index (κ1) is 24.8. The number of aliphatic hydroxyl groups excluding tert-OH is 1. The minimum atomic E-state index is -0.939. The van der Waals surface area contributed by atoms with Crippen molar-refractivity contribution < 1.29 is 24.2 Å². The van der Waals surface area contributed by atoms with Crippen LogP contribution in [0.5, 0.6) is 11.5 Å². The normalized spacial score (nSPS) is 16.9. The monoisotopic (exact) mass is 534 g/mol. The van der Waals surface area contributed by atoms with Crippen molar-refractivity contribution in [2.24, 2.45) is 0 Å². The van der Waals surface area contributed by atoms with Crippen LogP contribution in [0.25, 0.3) is 16.0 Å². The van der Waals surface area contributed by atoms with Gasteiger partial charge in [0, 0.05) is 10.6 Å². The molecular weight excluding hydrogens is 512 g/mol. The van der Waals surface area contributed by atoms with E-state index in [-0.39, 0.29) is 11.3 Å². The Bertz CT molecular complexity index is 1530. The summed E-state index contributed by atoms with van der Waals surface area (Å²) >= 11 is 7.41. The molecular formula is C28H23ClN2O5S. The molecule has 1 N–H and O–H groups in total. The molecule has 0 radical (unpaired) electrons. The molecule has 1 atom stereocenters. The van der Waals surface area contributed by atoms with Gasteiger partial charge in [0.25, 0.3) is 5.78 Å². The number of fused-ring (bicyclic) bond motifs is 1. The molecule has 1 unspecified atom stereocenters. The summed E-state index contributed by atoms with van der Waals surface area (Å²) in [4.78, 5) is 32.9. The molecule has 0 bridgehead atoms. The molecule has 37 heavy (non-hydrogen) atoms. The Morgan fingerprint density at radius 3 is 2.46 bits per heavy atom. The van der Waals surface area contributed by atoms with Gasteiger partial charge in [0.2, 0.25) is 0 Å². The number of thiazole rings is 1. The van der Waals surface area contributed by atoms with E-state index in [1.165, 1.54) is 16.2 Å². The summed E-state index contributed by atoms with van der Waals surface area (Å²) in [5.41, 5.74) is 1.62. The van der Waals surface area contributed by atoms with Crippen molar-refractivity contribution in [1.29, 1.82) is 0 Å². The largest absolute Gasteiger partial charge is 0.507 e. The number of nitrogens with zero attached hydrogens (tertiary/aromatic N) is 2. The van der Waals surface area contributed by atoms with E-state index in [2.05, 4.69) is 4.98 Å². The van der Waals surface area contributed by atoms with E-state index in [9.17, 15) is 14.7 Å². The summed E-state index contributed by atoms with van der Waals surface area (Å²) in [6, 6.07) is 18.2. The molecule has 0 saturated carbocycles. The number of carbonyl (C=O) groups excluding carboxylic acids is 2. The van der Waals surface area contributed by atoms with Crippen LogP contribution in [0.4, 0.5) is 5.13 Å². The number of rotatable bonds is 7. The summed E-state index contributed by atoms with van der Waals surface area (Å²) in [7, 11) is 0. The van der Waals surface area contributed by atoms with Crippen LogP contribution in [-0.2, 0) is 9.59 Å². The molecule has 0 aliphatic carbocycles. The maximum Gasteiger partial charge on any atom is 0.301 e. The van der Waals surface area contributed by atoms with Crippen LogP contribution in [0, 0.1) is 0 Å². The van der Waals surface area contributed by atoms with E-state index in [1.54, 1.807) is 66.7 Å². The molecule has 9 heteroatoms. The van der Waals surface area contributed by atoms with Crippen LogP contribution < -0.4 is 14.4 Å². The Morgan fingerprint density at radius 2 is 1.73 bits per heavy atom. The number of benzene rings is 3. The fourth-order valence-corrected chi connectivity index (χ4v) is 5.59. The van der Waals surface area contributed by atoms with Crippen LogP contribution >= 0.6 is 22.9 Å². The lowest BCUT2D eigenvalue weighted by atomic mass is 9.95. The smallest absolute Gasteiger partial charge is 0.301 e. The molecule has 5 rings (SSSR count). The molecule has 7 nitrogen and oxygen atoms in total. The summed E-state index contributed by atoms with van der Waals surface area (Å²) in [6.07, 6.45) is 0. The number of carbonyl (C=O) groups is 2. The number of anilines is 1. The summed E-state index contributed by atoms with van der Waals surface area (Å²) in [6.45, 7) is 4.57. The molecule has 1 saturated heterocycles. The van der Waals surface area contributed by atoms with Gasteiger partial charge in [-0.25, -0.2) is 4.98 Å². The van der Waals surface area contributed by atoms with Crippen molar-refractivity contribution in [3.63, 3.8) is 0 Å². The Labute approximate surface area is 222 Å². The van der Waals surface area contributed by atoms with Crippen LogP contribution in [0.15, 0.2) is 72.3 Å². The number of ether oxygens (including phenoxy) is 2. The zero-order valence-corrected chi connectivity index (χ0v) is 21.7. The number of aromatic nitrogens is 1. The zero-order chi connectivity index (χ0) is 26.1. The van der Waals surface area contributed by atoms with Gasteiger partial charge in [-0.1, -0.05) is 59.3 Å². The minimum Gasteiger partial charge on any atom is -0.507 e. The van der Waals surface area contributed by atoms with Gasteiger partial charge >= 0.3 is 5.91 Å². The number of ketones is 1. The summed E-state index contributed by atoms with van der Waals surface area (Å²) < 4.78 is 12.3. The molecule has 1 fully saturated rings. The lowest BCUT2D eigenvalue weighted by molar-refractivity contribution is -0.132. The molecule has 1 aliphatic rings. The number of amides is 1. The third-order valence-corrected chi connectivity index (χ3v) is 7.17. The van der Waals surface area contributed by atoms with Crippen molar-refractivity contribution in [1.82, 2.24) is 4.98 Å². The van der Waals surface area contributed by atoms with E-state index in [4.69, 9.17) is 21.1 Å². The fourth-order valence-electron chi connectivity index (χ4n) is 4.32. The van der Waals surface area contributed by atoms with Crippen LogP contribution in [0.2, 0.25) is 5.02 Å². The van der Waals surface area contributed by atoms with Gasteiger partial charge < -0.3 is 14.6 Å². The van der Waals surface area contributed by atoms with E-state index >= 15 is 0 Å². The second-order valence-corrected chi connectivity index (χ2v) is 9.66. The topological polar surface area (TPSA) is 89.0 Å². The van der Waals surface area contributed by atoms with Gasteiger partial charge in [-0.2, -0.15) is 0 Å². The van der Waals surface area contributed by atoms with Gasteiger partial charge in [-0.05, 0) is 49.7 Å². The molecule has 188 valence electrons. The highest BCUT2D eigenvalue weighted by atomic mass is 35.5. The number of Topliss-reactive ketones (excluding diaryl/α,β-unsaturated/α-hetero) is 1. The third kappa shape index (κ3) is 4.54. The second kappa shape index (κ2) is 10.2. The predicted octanol–water partition coefficient (Wildman–Crippen LogP) is 6.37. The predicted molar refractivity (Wildman–Crippen MR) is 145 cm³/mol. The molecule has 1 amide bonds. The number of hydrogen-bond donors (Lipinski definition) is 1. The first-order chi connectivity index (χ1) is 17.9. The first-order valence-corrected chi connectivity index (χ1v) is 12.9. The van der Waals surface area contributed by atoms with Crippen LogP contribution in [0.3, 0.4) is 0 Å². The second-order valence-electron chi connectivity index (χ2n) is 8.22. The highest BCUT2D eigenvalue weighted by Gasteiger charge is 2.48. The average Bonchev–Trinajstić information content (AvgIpc) is 3.43. The molecule has 4 aromatic rings. The number of aliphatic hydroxyl groups is 1. The summed E-state index contributed by atoms with van der Waals surface area (Å²) in [5, 5.41) is 12.1.